The molecular weight excluding hydrogens is 346 g/mol. The van der Waals surface area contributed by atoms with E-state index in [0.717, 1.165) is 15.2 Å². The highest BCUT2D eigenvalue weighted by Gasteiger charge is 2.12. The number of fused-ring (bicyclic) bond motifs is 1. The summed E-state index contributed by atoms with van der Waals surface area (Å²) >= 11 is 3.25. The summed E-state index contributed by atoms with van der Waals surface area (Å²) in [5.74, 6) is -0.782. The molecule has 5 nitrogen and oxygen atoms in total. The predicted molar refractivity (Wildman–Crippen MR) is 87.4 cm³/mol. The Morgan fingerprint density at radius 3 is 2.45 bits per heavy atom. The molecule has 1 aromatic heterocycles. The van der Waals surface area contributed by atoms with Gasteiger partial charge in [-0.15, -0.1) is 0 Å². The van der Waals surface area contributed by atoms with Crippen LogP contribution in [0.5, 0.6) is 0 Å². The van der Waals surface area contributed by atoms with E-state index in [9.17, 15) is 9.59 Å². The molecule has 2 aromatic carbocycles. The lowest BCUT2D eigenvalue weighted by Crippen LogP contribution is -2.41. The third-order valence-corrected chi connectivity index (χ3v) is 3.67. The van der Waals surface area contributed by atoms with Gasteiger partial charge in [-0.25, -0.2) is 0 Å². The molecule has 0 unspecified atom stereocenters. The SMILES string of the molecule is O=C(NNC(=O)c1cccc2ccccc12)c1cc(Br)c[nH]1. The molecule has 3 N–H and O–H groups in total. The van der Waals surface area contributed by atoms with E-state index >= 15 is 0 Å². The van der Waals surface area contributed by atoms with Crippen LogP contribution in [0.4, 0.5) is 0 Å². The molecule has 0 aliphatic carbocycles. The van der Waals surface area contributed by atoms with Gasteiger partial charge in [0.1, 0.15) is 5.69 Å². The van der Waals surface area contributed by atoms with Gasteiger partial charge in [0.05, 0.1) is 0 Å². The van der Waals surface area contributed by atoms with E-state index in [1.807, 2.05) is 30.3 Å². The van der Waals surface area contributed by atoms with Crippen LogP contribution < -0.4 is 10.9 Å². The largest absolute Gasteiger partial charge is 0.356 e. The maximum absolute atomic E-state index is 12.3. The molecule has 0 radical (unpaired) electrons. The Morgan fingerprint density at radius 2 is 1.68 bits per heavy atom. The van der Waals surface area contributed by atoms with Gasteiger partial charge in [-0.05, 0) is 38.8 Å². The van der Waals surface area contributed by atoms with Crippen LogP contribution in [-0.2, 0) is 0 Å². The van der Waals surface area contributed by atoms with E-state index in [4.69, 9.17) is 0 Å². The molecule has 0 aliphatic rings. The van der Waals surface area contributed by atoms with Crippen molar-refractivity contribution in [2.24, 2.45) is 0 Å². The summed E-state index contributed by atoms with van der Waals surface area (Å²) in [6.45, 7) is 0. The first-order chi connectivity index (χ1) is 10.6. The van der Waals surface area contributed by atoms with Crippen molar-refractivity contribution in [1.29, 1.82) is 0 Å². The van der Waals surface area contributed by atoms with Crippen molar-refractivity contribution in [3.63, 3.8) is 0 Å². The molecule has 0 spiro atoms. The molecule has 0 bridgehead atoms. The summed E-state index contributed by atoms with van der Waals surface area (Å²) in [4.78, 5) is 26.9. The summed E-state index contributed by atoms with van der Waals surface area (Å²) in [6.07, 6.45) is 1.64. The number of hydrogen-bond donors (Lipinski definition) is 3. The molecule has 2 amide bonds. The van der Waals surface area contributed by atoms with Crippen LogP contribution in [0, 0.1) is 0 Å². The lowest BCUT2D eigenvalue weighted by Gasteiger charge is -2.08. The van der Waals surface area contributed by atoms with Crippen LogP contribution in [0.3, 0.4) is 0 Å². The number of aromatic nitrogens is 1. The first-order valence-electron chi connectivity index (χ1n) is 6.57. The van der Waals surface area contributed by atoms with Gasteiger partial charge in [-0.3, -0.25) is 20.4 Å². The van der Waals surface area contributed by atoms with Crippen LogP contribution >= 0.6 is 15.9 Å². The smallest absolute Gasteiger partial charge is 0.286 e. The van der Waals surface area contributed by atoms with Gasteiger partial charge in [0.25, 0.3) is 11.8 Å². The second kappa shape index (κ2) is 6.03. The molecule has 0 atom stereocenters. The van der Waals surface area contributed by atoms with Crippen LogP contribution in [0.1, 0.15) is 20.8 Å². The second-order valence-corrected chi connectivity index (χ2v) is 5.58. The number of nitrogens with one attached hydrogen (secondary N) is 3. The highest BCUT2D eigenvalue weighted by atomic mass is 79.9. The number of aromatic amines is 1. The van der Waals surface area contributed by atoms with E-state index in [0.29, 0.717) is 11.3 Å². The first kappa shape index (κ1) is 14.3. The maximum atomic E-state index is 12.3. The number of hydrogen-bond acceptors (Lipinski definition) is 2. The van der Waals surface area contributed by atoms with Crippen LogP contribution in [0.2, 0.25) is 0 Å². The van der Waals surface area contributed by atoms with Crippen molar-refractivity contribution in [1.82, 2.24) is 15.8 Å². The fraction of sp³-hybridized carbons (Fsp3) is 0. The fourth-order valence-electron chi connectivity index (χ4n) is 2.17. The van der Waals surface area contributed by atoms with Crippen LogP contribution in [0.15, 0.2) is 59.2 Å². The minimum Gasteiger partial charge on any atom is -0.356 e. The first-order valence-corrected chi connectivity index (χ1v) is 7.37. The van der Waals surface area contributed by atoms with E-state index < -0.39 is 5.91 Å². The van der Waals surface area contributed by atoms with Gasteiger partial charge >= 0.3 is 0 Å². The zero-order valence-corrected chi connectivity index (χ0v) is 13.0. The highest BCUT2D eigenvalue weighted by Crippen LogP contribution is 2.18. The summed E-state index contributed by atoms with van der Waals surface area (Å²) in [5, 5.41) is 1.80. The van der Waals surface area contributed by atoms with Crippen LogP contribution in [-0.4, -0.2) is 16.8 Å². The Kier molecular flexibility index (Phi) is 3.93. The van der Waals surface area contributed by atoms with Crippen molar-refractivity contribution in [2.45, 2.75) is 0 Å². The molecule has 1 heterocycles. The predicted octanol–water partition coefficient (Wildman–Crippen LogP) is 3.01. The average Bonchev–Trinajstić information content (AvgIpc) is 2.98. The number of halogens is 1. The molecule has 6 heteroatoms. The summed E-state index contributed by atoms with van der Waals surface area (Å²) in [7, 11) is 0. The van der Waals surface area contributed by atoms with Gasteiger partial charge < -0.3 is 4.98 Å². The van der Waals surface area contributed by atoms with Crippen molar-refractivity contribution in [2.75, 3.05) is 0 Å². The van der Waals surface area contributed by atoms with Gasteiger partial charge in [-0.2, -0.15) is 0 Å². The number of carbonyl (C=O) groups is 2. The molecular formula is C16H12BrN3O2. The van der Waals surface area contributed by atoms with Crippen molar-refractivity contribution in [3.8, 4) is 0 Å². The Hall–Kier alpha value is -2.60. The lowest BCUT2D eigenvalue weighted by atomic mass is 10.0. The summed E-state index contributed by atoms with van der Waals surface area (Å²) in [5.41, 5.74) is 5.67. The maximum Gasteiger partial charge on any atom is 0.286 e. The molecule has 110 valence electrons. The van der Waals surface area contributed by atoms with E-state index in [1.165, 1.54) is 0 Å². The third kappa shape index (κ3) is 2.87. The molecule has 0 saturated carbocycles. The molecule has 3 aromatic rings. The molecule has 0 aliphatic heterocycles. The van der Waals surface area contributed by atoms with Crippen LogP contribution in [0.25, 0.3) is 10.8 Å². The fourth-order valence-corrected chi connectivity index (χ4v) is 2.51. The average molecular weight is 358 g/mol. The zero-order valence-electron chi connectivity index (χ0n) is 11.4. The lowest BCUT2D eigenvalue weighted by molar-refractivity contribution is 0.0845. The highest BCUT2D eigenvalue weighted by molar-refractivity contribution is 9.10. The van der Waals surface area contributed by atoms with E-state index in [2.05, 4.69) is 31.8 Å². The second-order valence-electron chi connectivity index (χ2n) is 4.67. The Morgan fingerprint density at radius 1 is 0.955 bits per heavy atom. The Bertz CT molecular complexity index is 852. The molecule has 0 fully saturated rings. The van der Waals surface area contributed by atoms with Crippen molar-refractivity contribution in [3.05, 3.63) is 70.5 Å². The molecule has 3 rings (SSSR count). The van der Waals surface area contributed by atoms with Gasteiger partial charge in [-0.1, -0.05) is 36.4 Å². The number of rotatable bonds is 2. The zero-order chi connectivity index (χ0) is 15.5. The number of carbonyl (C=O) groups excluding carboxylic acids is 2. The monoisotopic (exact) mass is 357 g/mol. The molecule has 22 heavy (non-hydrogen) atoms. The number of benzene rings is 2. The van der Waals surface area contributed by atoms with Gasteiger partial charge in [0.2, 0.25) is 0 Å². The summed E-state index contributed by atoms with van der Waals surface area (Å²) < 4.78 is 0.762. The van der Waals surface area contributed by atoms with Crippen molar-refractivity contribution >= 4 is 38.5 Å². The Balaban J connectivity index is 1.75. The standard InChI is InChI=1S/C16H12BrN3O2/c17-11-8-14(18-9-11)16(22)20-19-15(21)13-7-3-5-10-4-1-2-6-12(10)13/h1-9,18H,(H,19,21)(H,20,22). The quantitative estimate of drug-likeness (QED) is 0.616. The Labute approximate surface area is 134 Å². The summed E-state index contributed by atoms with van der Waals surface area (Å²) in [6, 6.07) is 14.7. The number of hydrazine groups is 1. The number of H-pyrrole nitrogens is 1. The normalized spacial score (nSPS) is 10.4. The minimum absolute atomic E-state index is 0.352. The van der Waals surface area contributed by atoms with E-state index in [1.54, 1.807) is 24.4 Å². The van der Waals surface area contributed by atoms with Crippen molar-refractivity contribution < 1.29 is 9.59 Å². The van der Waals surface area contributed by atoms with E-state index in [-0.39, 0.29) is 5.91 Å². The minimum atomic E-state index is -0.417. The third-order valence-electron chi connectivity index (χ3n) is 3.22. The van der Waals surface area contributed by atoms with Gasteiger partial charge in [0.15, 0.2) is 0 Å². The molecule has 0 saturated heterocycles. The van der Waals surface area contributed by atoms with Gasteiger partial charge in [0, 0.05) is 16.2 Å². The number of amides is 2. The topological polar surface area (TPSA) is 74.0 Å².